The summed E-state index contributed by atoms with van der Waals surface area (Å²) in [6, 6.07) is 20.4. The summed E-state index contributed by atoms with van der Waals surface area (Å²) in [5, 5.41) is 0. The van der Waals surface area contributed by atoms with Crippen LogP contribution in [0.5, 0.6) is 5.75 Å². The maximum Gasteiger partial charge on any atom is 0.338 e. The zero-order chi connectivity index (χ0) is 20.4. The van der Waals surface area contributed by atoms with Crippen LogP contribution in [0.1, 0.15) is 36.6 Å². The van der Waals surface area contributed by atoms with E-state index in [0.29, 0.717) is 11.4 Å². The van der Waals surface area contributed by atoms with E-state index in [1.165, 1.54) is 25.3 Å². The molecule has 4 rings (SSSR count). The molecule has 0 aromatic heterocycles. The Labute approximate surface area is 167 Å². The first-order valence-corrected chi connectivity index (χ1v) is 8.97. The molecule has 0 aliphatic carbocycles. The number of hydrogen-bond donors (Lipinski definition) is 0. The fourth-order valence-corrected chi connectivity index (χ4v) is 3.21. The number of anilines is 1. The summed E-state index contributed by atoms with van der Waals surface area (Å²) in [4.78, 5) is 39.2. The Morgan fingerprint density at radius 3 is 2.31 bits per heavy atom. The minimum absolute atomic E-state index is 0.122. The zero-order valence-corrected chi connectivity index (χ0v) is 15.6. The number of imide groups is 1. The zero-order valence-electron chi connectivity index (χ0n) is 15.6. The summed E-state index contributed by atoms with van der Waals surface area (Å²) in [5.41, 5.74) is 1.82. The van der Waals surface area contributed by atoms with E-state index in [1.54, 1.807) is 24.3 Å². The fourth-order valence-electron chi connectivity index (χ4n) is 3.21. The number of esters is 1. The Balaban J connectivity index is 1.59. The lowest BCUT2D eigenvalue weighted by Gasteiger charge is -2.16. The van der Waals surface area contributed by atoms with Gasteiger partial charge in [0.2, 0.25) is 0 Å². The Bertz CT molecular complexity index is 1110. The molecular weight excluding hydrogens is 370 g/mol. The van der Waals surface area contributed by atoms with Crippen LogP contribution < -0.4 is 9.64 Å². The summed E-state index contributed by atoms with van der Waals surface area (Å²) in [6.45, 7) is 0.122. The number of carbonyl (C=O) groups is 3. The number of rotatable bonds is 5. The van der Waals surface area contributed by atoms with E-state index in [9.17, 15) is 14.4 Å². The average molecular weight is 387 g/mol. The Kier molecular flexibility index (Phi) is 4.83. The van der Waals surface area contributed by atoms with Gasteiger partial charge < -0.3 is 9.47 Å². The van der Waals surface area contributed by atoms with Crippen molar-refractivity contribution < 1.29 is 23.9 Å². The molecule has 1 aliphatic rings. The topological polar surface area (TPSA) is 72.9 Å². The van der Waals surface area contributed by atoms with Crippen LogP contribution in [0.25, 0.3) is 0 Å². The predicted molar refractivity (Wildman–Crippen MR) is 106 cm³/mol. The third-order valence-corrected chi connectivity index (χ3v) is 4.66. The minimum Gasteiger partial charge on any atom is -0.495 e. The molecular formula is C23H17NO5. The highest BCUT2D eigenvalue weighted by Gasteiger charge is 2.38. The number of methoxy groups -OCH3 is 1. The average Bonchev–Trinajstić information content (AvgIpc) is 3.02. The smallest absolute Gasteiger partial charge is 0.338 e. The van der Waals surface area contributed by atoms with Gasteiger partial charge in [0.25, 0.3) is 11.8 Å². The highest BCUT2D eigenvalue weighted by atomic mass is 16.5. The van der Waals surface area contributed by atoms with Crippen molar-refractivity contribution in [1.82, 2.24) is 0 Å². The van der Waals surface area contributed by atoms with E-state index in [0.717, 1.165) is 10.5 Å². The normalized spacial score (nSPS) is 12.7. The van der Waals surface area contributed by atoms with Crippen LogP contribution >= 0.6 is 0 Å². The molecule has 0 saturated heterocycles. The third-order valence-electron chi connectivity index (χ3n) is 4.66. The highest BCUT2D eigenvalue weighted by molar-refractivity contribution is 6.35. The second kappa shape index (κ2) is 7.59. The fraction of sp³-hybridized carbons (Fsp3) is 0.0870. The Morgan fingerprint density at radius 1 is 0.862 bits per heavy atom. The number of carbonyl (C=O) groups excluding carboxylic acids is 3. The van der Waals surface area contributed by atoms with E-state index >= 15 is 0 Å². The molecule has 6 nitrogen and oxygen atoms in total. The number of fused-ring (bicyclic) bond motifs is 1. The van der Waals surface area contributed by atoms with Crippen molar-refractivity contribution in [3.63, 3.8) is 0 Å². The van der Waals surface area contributed by atoms with Crippen LogP contribution in [-0.2, 0) is 11.3 Å². The van der Waals surface area contributed by atoms with Crippen molar-refractivity contribution in [2.45, 2.75) is 6.61 Å². The summed E-state index contributed by atoms with van der Waals surface area (Å²) < 4.78 is 10.6. The van der Waals surface area contributed by atoms with Crippen LogP contribution in [0.3, 0.4) is 0 Å². The van der Waals surface area contributed by atoms with Crippen molar-refractivity contribution in [3.05, 3.63) is 95.1 Å². The molecule has 0 spiro atoms. The van der Waals surface area contributed by atoms with Crippen molar-refractivity contribution in [2.75, 3.05) is 12.0 Å². The first-order valence-electron chi connectivity index (χ1n) is 8.97. The second-order valence-corrected chi connectivity index (χ2v) is 6.44. The number of nitrogens with zero attached hydrogens (tertiary/aromatic N) is 1. The van der Waals surface area contributed by atoms with Gasteiger partial charge in [0.1, 0.15) is 12.4 Å². The number of benzene rings is 3. The van der Waals surface area contributed by atoms with Gasteiger partial charge in [-0.3, -0.25) is 9.59 Å². The van der Waals surface area contributed by atoms with Crippen LogP contribution in [0.4, 0.5) is 5.69 Å². The molecule has 1 heterocycles. The van der Waals surface area contributed by atoms with E-state index in [1.807, 2.05) is 30.3 Å². The lowest BCUT2D eigenvalue weighted by Crippen LogP contribution is -2.29. The third kappa shape index (κ3) is 3.36. The molecule has 0 radical (unpaired) electrons. The quantitative estimate of drug-likeness (QED) is 0.491. The molecule has 0 fully saturated rings. The van der Waals surface area contributed by atoms with Crippen molar-refractivity contribution in [2.24, 2.45) is 0 Å². The second-order valence-electron chi connectivity index (χ2n) is 6.44. The molecule has 0 N–H and O–H groups in total. The first-order chi connectivity index (χ1) is 14.1. The SMILES string of the molecule is COc1ccccc1N1C(=O)c2ccc(C(=O)OCc3ccccc3)cc2C1=O. The lowest BCUT2D eigenvalue weighted by atomic mass is 10.1. The number of hydrogen-bond acceptors (Lipinski definition) is 5. The number of ether oxygens (including phenoxy) is 2. The van der Waals surface area contributed by atoms with Gasteiger partial charge >= 0.3 is 5.97 Å². The standard InChI is InChI=1S/C23H17NO5/c1-28-20-10-6-5-9-19(20)24-21(25)17-12-11-16(13-18(17)22(24)26)23(27)29-14-15-7-3-2-4-8-15/h2-13H,14H2,1H3. The Morgan fingerprint density at radius 2 is 1.55 bits per heavy atom. The van der Waals surface area contributed by atoms with Crippen molar-refractivity contribution in [1.29, 1.82) is 0 Å². The minimum atomic E-state index is -0.562. The summed E-state index contributed by atoms with van der Waals surface area (Å²) >= 11 is 0. The molecule has 144 valence electrons. The number of amides is 2. The lowest BCUT2D eigenvalue weighted by molar-refractivity contribution is 0.0472. The molecule has 6 heteroatoms. The summed E-state index contributed by atoms with van der Waals surface area (Å²) in [6.07, 6.45) is 0. The van der Waals surface area contributed by atoms with E-state index in [-0.39, 0.29) is 23.3 Å². The maximum atomic E-state index is 12.9. The molecule has 0 unspecified atom stereocenters. The van der Waals surface area contributed by atoms with Crippen molar-refractivity contribution >= 4 is 23.5 Å². The van der Waals surface area contributed by atoms with E-state index < -0.39 is 17.8 Å². The molecule has 1 aliphatic heterocycles. The van der Waals surface area contributed by atoms with E-state index in [2.05, 4.69) is 0 Å². The van der Waals surface area contributed by atoms with Gasteiger partial charge in [0.05, 0.1) is 29.5 Å². The monoisotopic (exact) mass is 387 g/mol. The summed E-state index contributed by atoms with van der Waals surface area (Å²) in [5.74, 6) is -1.12. The van der Waals surface area contributed by atoms with Gasteiger partial charge in [-0.1, -0.05) is 42.5 Å². The van der Waals surface area contributed by atoms with Crippen LogP contribution in [-0.4, -0.2) is 24.9 Å². The van der Waals surface area contributed by atoms with Crippen LogP contribution in [0.2, 0.25) is 0 Å². The first kappa shape index (κ1) is 18.4. The molecule has 0 bridgehead atoms. The molecule has 3 aromatic rings. The van der Waals surface area contributed by atoms with E-state index in [4.69, 9.17) is 9.47 Å². The van der Waals surface area contributed by atoms with Gasteiger partial charge in [-0.15, -0.1) is 0 Å². The summed E-state index contributed by atoms with van der Waals surface area (Å²) in [7, 11) is 1.47. The van der Waals surface area contributed by atoms with Crippen LogP contribution in [0, 0.1) is 0 Å². The maximum absolute atomic E-state index is 12.9. The van der Waals surface area contributed by atoms with Gasteiger partial charge in [-0.05, 0) is 35.9 Å². The molecule has 29 heavy (non-hydrogen) atoms. The molecule has 0 atom stereocenters. The van der Waals surface area contributed by atoms with Gasteiger partial charge in [-0.2, -0.15) is 0 Å². The van der Waals surface area contributed by atoms with Gasteiger partial charge in [0, 0.05) is 0 Å². The molecule has 0 saturated carbocycles. The Hall–Kier alpha value is -3.93. The van der Waals surface area contributed by atoms with Gasteiger partial charge in [0.15, 0.2) is 0 Å². The number of para-hydroxylation sites is 2. The highest BCUT2D eigenvalue weighted by Crippen LogP contribution is 2.34. The predicted octanol–water partition coefficient (Wildman–Crippen LogP) is 3.85. The molecule has 2 amide bonds. The molecule has 3 aromatic carbocycles. The largest absolute Gasteiger partial charge is 0.495 e. The van der Waals surface area contributed by atoms with Gasteiger partial charge in [-0.25, -0.2) is 9.69 Å². The van der Waals surface area contributed by atoms with Crippen LogP contribution in [0.15, 0.2) is 72.8 Å². The van der Waals surface area contributed by atoms with Crippen molar-refractivity contribution in [3.8, 4) is 5.75 Å².